The van der Waals surface area contributed by atoms with Gasteiger partial charge in [0.2, 0.25) is 5.91 Å². The quantitative estimate of drug-likeness (QED) is 0.332. The number of nitrogens with one attached hydrogen (secondary N) is 1. The summed E-state index contributed by atoms with van der Waals surface area (Å²) in [5.74, 6) is 1.68. The summed E-state index contributed by atoms with van der Waals surface area (Å²) < 4.78 is 2.16. The highest BCUT2D eigenvalue weighted by atomic mass is 32.2. The van der Waals surface area contributed by atoms with Crippen molar-refractivity contribution < 1.29 is 4.79 Å². The summed E-state index contributed by atoms with van der Waals surface area (Å²) in [6.07, 6.45) is 2.32. The van der Waals surface area contributed by atoms with Crippen molar-refractivity contribution in [2.24, 2.45) is 0 Å². The SMILES string of the molecule is Cc1ccc(C)c(-c2csc(NC(=O)CSc3nnc(C4CC4)n3Cc3ccccc3)n2)c1. The first-order valence-corrected chi connectivity index (χ1v) is 12.9. The van der Waals surface area contributed by atoms with E-state index in [0.29, 0.717) is 11.0 Å². The van der Waals surface area contributed by atoms with E-state index in [9.17, 15) is 4.79 Å². The van der Waals surface area contributed by atoms with Crippen molar-refractivity contribution in [3.63, 3.8) is 0 Å². The second-order valence-electron chi connectivity index (χ2n) is 8.38. The van der Waals surface area contributed by atoms with Gasteiger partial charge in [-0.3, -0.25) is 4.79 Å². The number of thiazole rings is 1. The van der Waals surface area contributed by atoms with Gasteiger partial charge in [0.15, 0.2) is 10.3 Å². The molecule has 1 N–H and O–H groups in total. The van der Waals surface area contributed by atoms with Gasteiger partial charge in [0, 0.05) is 16.9 Å². The molecule has 0 unspecified atom stereocenters. The number of rotatable bonds is 8. The number of carbonyl (C=O) groups excluding carboxylic acids is 1. The molecule has 0 aliphatic heterocycles. The van der Waals surface area contributed by atoms with Gasteiger partial charge >= 0.3 is 0 Å². The Balaban J connectivity index is 1.25. The Morgan fingerprint density at radius 1 is 1.15 bits per heavy atom. The molecular weight excluding hydrogens is 450 g/mol. The minimum atomic E-state index is -0.0934. The average molecular weight is 476 g/mol. The van der Waals surface area contributed by atoms with Crippen LogP contribution >= 0.6 is 23.1 Å². The molecular formula is C25H25N5OS2. The molecule has 0 spiro atoms. The van der Waals surface area contributed by atoms with Gasteiger partial charge in [0.1, 0.15) is 5.82 Å². The fraction of sp³-hybridized carbons (Fsp3) is 0.280. The summed E-state index contributed by atoms with van der Waals surface area (Å²) in [5, 5.41) is 15.2. The van der Waals surface area contributed by atoms with Crippen LogP contribution in [0.3, 0.4) is 0 Å². The largest absolute Gasteiger partial charge is 0.301 e. The van der Waals surface area contributed by atoms with E-state index in [2.05, 4.69) is 69.2 Å². The standard InChI is InChI=1S/C25H25N5OS2/c1-16-8-9-17(2)20(12-16)21-14-32-24(26-21)27-22(31)15-33-25-29-28-23(19-10-11-19)30(25)13-18-6-4-3-5-7-18/h3-9,12,14,19H,10-11,13,15H2,1-2H3,(H,26,27,31). The summed E-state index contributed by atoms with van der Waals surface area (Å²) >= 11 is 2.87. The molecule has 8 heteroatoms. The third kappa shape index (κ3) is 5.17. The Hall–Kier alpha value is -2.97. The van der Waals surface area contributed by atoms with Crippen molar-refractivity contribution in [3.05, 3.63) is 76.4 Å². The summed E-state index contributed by atoms with van der Waals surface area (Å²) in [7, 11) is 0. The molecule has 4 aromatic rings. The van der Waals surface area contributed by atoms with Crippen molar-refractivity contribution in [3.8, 4) is 11.3 Å². The van der Waals surface area contributed by atoms with E-state index in [1.54, 1.807) is 0 Å². The maximum Gasteiger partial charge on any atom is 0.236 e. The lowest BCUT2D eigenvalue weighted by atomic mass is 10.0. The van der Waals surface area contributed by atoms with Crippen LogP contribution in [0.2, 0.25) is 0 Å². The topological polar surface area (TPSA) is 72.7 Å². The molecule has 1 aliphatic rings. The van der Waals surface area contributed by atoms with E-state index in [4.69, 9.17) is 0 Å². The molecule has 2 aromatic carbocycles. The normalized spacial score (nSPS) is 13.3. The van der Waals surface area contributed by atoms with E-state index in [-0.39, 0.29) is 11.7 Å². The molecule has 1 fully saturated rings. The van der Waals surface area contributed by atoms with Crippen LogP contribution in [0.1, 0.15) is 41.3 Å². The van der Waals surface area contributed by atoms with Crippen LogP contribution in [0.15, 0.2) is 59.1 Å². The average Bonchev–Trinajstić information content (AvgIpc) is 3.43. The van der Waals surface area contributed by atoms with E-state index in [0.717, 1.165) is 41.6 Å². The van der Waals surface area contributed by atoms with E-state index in [1.165, 1.54) is 39.8 Å². The highest BCUT2D eigenvalue weighted by Crippen LogP contribution is 2.40. The lowest BCUT2D eigenvalue weighted by molar-refractivity contribution is -0.113. The van der Waals surface area contributed by atoms with Crippen molar-refractivity contribution in [1.82, 2.24) is 19.7 Å². The summed E-state index contributed by atoms with van der Waals surface area (Å²) in [6, 6.07) is 16.6. The second kappa shape index (κ2) is 9.49. The first-order chi connectivity index (χ1) is 16.1. The maximum absolute atomic E-state index is 12.7. The number of aryl methyl sites for hydroxylation is 2. The van der Waals surface area contributed by atoms with Crippen LogP contribution in [0, 0.1) is 13.8 Å². The highest BCUT2D eigenvalue weighted by molar-refractivity contribution is 7.99. The van der Waals surface area contributed by atoms with Gasteiger partial charge in [-0.2, -0.15) is 0 Å². The van der Waals surface area contributed by atoms with Crippen LogP contribution in [-0.2, 0) is 11.3 Å². The Morgan fingerprint density at radius 3 is 2.76 bits per heavy atom. The molecule has 1 saturated carbocycles. The van der Waals surface area contributed by atoms with Crippen LogP contribution in [0.4, 0.5) is 5.13 Å². The minimum Gasteiger partial charge on any atom is -0.301 e. The first-order valence-electron chi connectivity index (χ1n) is 11.0. The molecule has 0 bridgehead atoms. The fourth-order valence-corrected chi connectivity index (χ4v) is 5.19. The smallest absolute Gasteiger partial charge is 0.236 e. The van der Waals surface area contributed by atoms with Crippen LogP contribution in [0.25, 0.3) is 11.3 Å². The Kier molecular flexibility index (Phi) is 6.28. The zero-order valence-electron chi connectivity index (χ0n) is 18.6. The highest BCUT2D eigenvalue weighted by Gasteiger charge is 2.30. The van der Waals surface area contributed by atoms with Crippen LogP contribution in [-0.4, -0.2) is 31.4 Å². The predicted molar refractivity (Wildman–Crippen MR) is 134 cm³/mol. The first kappa shape index (κ1) is 21.9. The molecule has 1 amide bonds. The van der Waals surface area contributed by atoms with Gasteiger partial charge < -0.3 is 9.88 Å². The van der Waals surface area contributed by atoms with Crippen molar-refractivity contribution >= 4 is 34.1 Å². The van der Waals surface area contributed by atoms with Gasteiger partial charge in [0.25, 0.3) is 0 Å². The fourth-order valence-electron chi connectivity index (χ4n) is 3.72. The number of anilines is 1. The van der Waals surface area contributed by atoms with Crippen LogP contribution in [0.5, 0.6) is 0 Å². The van der Waals surface area contributed by atoms with Crippen molar-refractivity contribution in [2.45, 2.75) is 44.3 Å². The van der Waals surface area contributed by atoms with Gasteiger partial charge in [0.05, 0.1) is 18.0 Å². The third-order valence-corrected chi connectivity index (χ3v) is 7.35. The van der Waals surface area contributed by atoms with Crippen LogP contribution < -0.4 is 5.32 Å². The summed E-state index contributed by atoms with van der Waals surface area (Å²) in [6.45, 7) is 4.86. The summed E-state index contributed by atoms with van der Waals surface area (Å²) in [5.41, 5.74) is 5.55. The minimum absolute atomic E-state index is 0.0934. The van der Waals surface area contributed by atoms with Gasteiger partial charge in [-0.05, 0) is 43.9 Å². The molecule has 1 aliphatic carbocycles. The van der Waals surface area contributed by atoms with Crippen molar-refractivity contribution in [1.29, 1.82) is 0 Å². The molecule has 2 heterocycles. The summed E-state index contributed by atoms with van der Waals surface area (Å²) in [4.78, 5) is 17.3. The van der Waals surface area contributed by atoms with E-state index in [1.807, 2.05) is 23.6 Å². The monoisotopic (exact) mass is 475 g/mol. The molecule has 0 saturated heterocycles. The maximum atomic E-state index is 12.7. The third-order valence-electron chi connectivity index (χ3n) is 5.62. The molecule has 2 aromatic heterocycles. The number of aromatic nitrogens is 4. The molecule has 168 valence electrons. The number of carbonyl (C=O) groups is 1. The molecule has 0 radical (unpaired) electrons. The van der Waals surface area contributed by atoms with E-state index < -0.39 is 0 Å². The Morgan fingerprint density at radius 2 is 1.97 bits per heavy atom. The van der Waals surface area contributed by atoms with E-state index >= 15 is 0 Å². The van der Waals surface area contributed by atoms with Gasteiger partial charge in [-0.15, -0.1) is 21.5 Å². The predicted octanol–water partition coefficient (Wildman–Crippen LogP) is 5.67. The molecule has 0 atom stereocenters. The number of hydrogen-bond acceptors (Lipinski definition) is 6. The number of amides is 1. The Labute approximate surface area is 201 Å². The zero-order chi connectivity index (χ0) is 22.8. The van der Waals surface area contributed by atoms with Crippen molar-refractivity contribution in [2.75, 3.05) is 11.1 Å². The Bertz CT molecular complexity index is 1280. The zero-order valence-corrected chi connectivity index (χ0v) is 20.2. The molecule has 33 heavy (non-hydrogen) atoms. The number of benzene rings is 2. The van der Waals surface area contributed by atoms with Gasteiger partial charge in [-0.25, -0.2) is 4.98 Å². The van der Waals surface area contributed by atoms with Gasteiger partial charge in [-0.1, -0.05) is 59.8 Å². The lowest BCUT2D eigenvalue weighted by Crippen LogP contribution is -2.15. The lowest BCUT2D eigenvalue weighted by Gasteiger charge is -2.10. The molecule has 6 nitrogen and oxygen atoms in total. The number of thioether (sulfide) groups is 1. The number of hydrogen-bond donors (Lipinski definition) is 1. The molecule has 5 rings (SSSR count). The second-order valence-corrected chi connectivity index (χ2v) is 10.2. The number of nitrogens with zero attached hydrogens (tertiary/aromatic N) is 4.